The maximum absolute atomic E-state index is 4.22. The third-order valence-corrected chi connectivity index (χ3v) is 2.21. The van der Waals surface area contributed by atoms with Crippen molar-refractivity contribution in [1.29, 1.82) is 0 Å². The largest absolute Gasteiger partial charge is 0.317 e. The first kappa shape index (κ1) is 11.1. The zero-order chi connectivity index (χ0) is 10.4. The number of nitrogens with one attached hydrogen (secondary N) is 1. The number of nitrogens with zero attached hydrogens (tertiary/aromatic N) is 2. The Morgan fingerprint density at radius 2 is 1.93 bits per heavy atom. The van der Waals surface area contributed by atoms with E-state index in [1.807, 2.05) is 13.1 Å². The Bertz CT molecular complexity index is 246. The predicted molar refractivity (Wildman–Crippen MR) is 58.0 cm³/mol. The van der Waals surface area contributed by atoms with Gasteiger partial charge in [-0.2, -0.15) is 0 Å². The zero-order valence-electron chi connectivity index (χ0n) is 9.20. The van der Waals surface area contributed by atoms with Crippen LogP contribution in [0.15, 0.2) is 18.5 Å². The summed E-state index contributed by atoms with van der Waals surface area (Å²) < 4.78 is 0. The molecule has 1 atom stereocenters. The Labute approximate surface area is 86.0 Å². The summed E-state index contributed by atoms with van der Waals surface area (Å²) in [6, 6.07) is 2.33. The van der Waals surface area contributed by atoms with E-state index in [4.69, 9.17) is 0 Å². The van der Waals surface area contributed by atoms with Crippen LogP contribution >= 0.6 is 0 Å². The summed E-state index contributed by atoms with van der Waals surface area (Å²) in [7, 11) is 2.00. The Hall–Kier alpha value is -0.960. The number of aromatic nitrogens is 2. The minimum atomic E-state index is 0.484. The Morgan fingerprint density at radius 1 is 1.29 bits per heavy atom. The molecule has 1 aromatic rings. The quantitative estimate of drug-likeness (QED) is 0.772. The second kappa shape index (κ2) is 5.70. The lowest BCUT2D eigenvalue weighted by Crippen LogP contribution is -2.29. The minimum Gasteiger partial charge on any atom is -0.317 e. The molecule has 78 valence electrons. The van der Waals surface area contributed by atoms with Crippen molar-refractivity contribution in [2.45, 2.75) is 32.7 Å². The first-order valence-corrected chi connectivity index (χ1v) is 5.15. The van der Waals surface area contributed by atoms with Crippen LogP contribution in [0.2, 0.25) is 0 Å². The Balaban J connectivity index is 2.48. The van der Waals surface area contributed by atoms with Gasteiger partial charge in [0.2, 0.25) is 0 Å². The average molecular weight is 193 g/mol. The number of rotatable bonds is 5. The molecule has 0 aliphatic heterocycles. The normalized spacial score (nSPS) is 13.1. The van der Waals surface area contributed by atoms with E-state index < -0.39 is 0 Å². The van der Waals surface area contributed by atoms with Gasteiger partial charge in [0.15, 0.2) is 0 Å². The van der Waals surface area contributed by atoms with E-state index >= 15 is 0 Å². The molecule has 3 heteroatoms. The van der Waals surface area contributed by atoms with Gasteiger partial charge in [0.05, 0.1) is 0 Å². The van der Waals surface area contributed by atoms with Crippen molar-refractivity contribution in [3.8, 4) is 0 Å². The molecule has 1 N–H and O–H groups in total. The van der Waals surface area contributed by atoms with E-state index in [0.717, 1.165) is 18.7 Å². The number of hydrogen-bond acceptors (Lipinski definition) is 3. The van der Waals surface area contributed by atoms with Crippen LogP contribution < -0.4 is 5.32 Å². The summed E-state index contributed by atoms with van der Waals surface area (Å²) in [5, 5.41) is 3.30. The van der Waals surface area contributed by atoms with Gasteiger partial charge in [0.25, 0.3) is 0 Å². The van der Waals surface area contributed by atoms with Gasteiger partial charge in [0.1, 0.15) is 5.82 Å². The molecule has 0 saturated heterocycles. The first-order valence-electron chi connectivity index (χ1n) is 5.15. The van der Waals surface area contributed by atoms with Crippen molar-refractivity contribution in [2.24, 2.45) is 5.92 Å². The van der Waals surface area contributed by atoms with Crippen LogP contribution in [0.3, 0.4) is 0 Å². The molecule has 0 fully saturated rings. The topological polar surface area (TPSA) is 37.8 Å². The Kier molecular flexibility index (Phi) is 4.53. The third kappa shape index (κ3) is 3.83. The Morgan fingerprint density at radius 3 is 2.43 bits per heavy atom. The smallest absolute Gasteiger partial charge is 0.129 e. The van der Waals surface area contributed by atoms with Crippen LogP contribution in [0.5, 0.6) is 0 Å². The molecule has 0 saturated carbocycles. The highest BCUT2D eigenvalue weighted by Crippen LogP contribution is 2.07. The highest BCUT2D eigenvalue weighted by molar-refractivity contribution is 4.91. The molecular formula is C11H19N3. The second-order valence-corrected chi connectivity index (χ2v) is 3.98. The van der Waals surface area contributed by atoms with Gasteiger partial charge in [-0.25, -0.2) is 9.97 Å². The van der Waals surface area contributed by atoms with Crippen molar-refractivity contribution in [3.05, 3.63) is 24.3 Å². The molecular weight excluding hydrogens is 174 g/mol. The molecule has 1 unspecified atom stereocenters. The molecule has 0 bridgehead atoms. The lowest BCUT2D eigenvalue weighted by molar-refractivity contribution is 0.435. The first-order chi connectivity index (χ1) is 6.72. The molecule has 0 aliphatic rings. The third-order valence-electron chi connectivity index (χ3n) is 2.21. The van der Waals surface area contributed by atoms with Gasteiger partial charge in [0, 0.05) is 24.9 Å². The minimum absolute atomic E-state index is 0.484. The average Bonchev–Trinajstić information content (AvgIpc) is 2.17. The fourth-order valence-electron chi connectivity index (χ4n) is 1.53. The SMILES string of the molecule is CNC(Cc1ncccn1)CC(C)C. The standard InChI is InChI=1S/C11H19N3/c1-9(2)7-10(12-3)8-11-13-5-4-6-14-11/h4-6,9-10,12H,7-8H2,1-3H3. The van der Waals surface area contributed by atoms with Crippen LogP contribution in [-0.4, -0.2) is 23.1 Å². The monoisotopic (exact) mass is 193 g/mol. The molecule has 1 aromatic heterocycles. The maximum atomic E-state index is 4.22. The predicted octanol–water partition coefficient (Wildman–Crippen LogP) is 1.65. The van der Waals surface area contributed by atoms with Crippen LogP contribution in [0.25, 0.3) is 0 Å². The van der Waals surface area contributed by atoms with Crippen molar-refractivity contribution in [1.82, 2.24) is 15.3 Å². The van der Waals surface area contributed by atoms with Crippen molar-refractivity contribution >= 4 is 0 Å². The van der Waals surface area contributed by atoms with E-state index in [1.54, 1.807) is 12.4 Å². The van der Waals surface area contributed by atoms with E-state index in [-0.39, 0.29) is 0 Å². The van der Waals surface area contributed by atoms with Crippen LogP contribution in [0.1, 0.15) is 26.1 Å². The van der Waals surface area contributed by atoms with Gasteiger partial charge in [-0.15, -0.1) is 0 Å². The van der Waals surface area contributed by atoms with Gasteiger partial charge in [-0.1, -0.05) is 13.8 Å². The molecule has 1 rings (SSSR count). The van der Waals surface area contributed by atoms with Crippen molar-refractivity contribution in [2.75, 3.05) is 7.05 Å². The zero-order valence-corrected chi connectivity index (χ0v) is 9.20. The van der Waals surface area contributed by atoms with Crippen molar-refractivity contribution < 1.29 is 0 Å². The molecule has 3 nitrogen and oxygen atoms in total. The molecule has 0 aromatic carbocycles. The summed E-state index contributed by atoms with van der Waals surface area (Å²) >= 11 is 0. The summed E-state index contributed by atoms with van der Waals surface area (Å²) in [5.41, 5.74) is 0. The van der Waals surface area contributed by atoms with Crippen molar-refractivity contribution in [3.63, 3.8) is 0 Å². The molecule has 1 heterocycles. The molecule has 14 heavy (non-hydrogen) atoms. The molecule has 0 radical (unpaired) electrons. The van der Waals surface area contributed by atoms with Crippen LogP contribution in [0, 0.1) is 5.92 Å². The van der Waals surface area contributed by atoms with E-state index in [2.05, 4.69) is 29.1 Å². The van der Waals surface area contributed by atoms with Crippen LogP contribution in [0.4, 0.5) is 0 Å². The number of hydrogen-bond donors (Lipinski definition) is 1. The highest BCUT2D eigenvalue weighted by atomic mass is 14.9. The molecule has 0 amide bonds. The van der Waals surface area contributed by atoms with E-state index in [1.165, 1.54) is 0 Å². The highest BCUT2D eigenvalue weighted by Gasteiger charge is 2.10. The lowest BCUT2D eigenvalue weighted by Gasteiger charge is -2.17. The number of likely N-dealkylation sites (N-methyl/N-ethyl adjacent to an activating group) is 1. The summed E-state index contributed by atoms with van der Waals surface area (Å²) in [5.74, 6) is 1.63. The van der Waals surface area contributed by atoms with Gasteiger partial charge in [-0.05, 0) is 25.5 Å². The van der Waals surface area contributed by atoms with Gasteiger partial charge in [-0.3, -0.25) is 0 Å². The lowest BCUT2D eigenvalue weighted by atomic mass is 10.0. The molecule has 0 spiro atoms. The second-order valence-electron chi connectivity index (χ2n) is 3.98. The fourth-order valence-corrected chi connectivity index (χ4v) is 1.53. The maximum Gasteiger partial charge on any atom is 0.129 e. The summed E-state index contributed by atoms with van der Waals surface area (Å²) in [4.78, 5) is 8.45. The van der Waals surface area contributed by atoms with Crippen LogP contribution in [-0.2, 0) is 6.42 Å². The van der Waals surface area contributed by atoms with E-state index in [9.17, 15) is 0 Å². The van der Waals surface area contributed by atoms with Gasteiger partial charge < -0.3 is 5.32 Å². The summed E-state index contributed by atoms with van der Waals surface area (Å²) in [6.45, 7) is 4.46. The summed E-state index contributed by atoms with van der Waals surface area (Å²) in [6.07, 6.45) is 5.67. The van der Waals surface area contributed by atoms with Gasteiger partial charge >= 0.3 is 0 Å². The van der Waals surface area contributed by atoms with E-state index in [0.29, 0.717) is 12.0 Å². The molecule has 0 aliphatic carbocycles. The fraction of sp³-hybridized carbons (Fsp3) is 0.636.